The lowest BCUT2D eigenvalue weighted by Crippen LogP contribution is -2.51. The van der Waals surface area contributed by atoms with E-state index in [1.165, 1.54) is 4.90 Å². The number of carbonyl (C=O) groups excluding carboxylic acids is 1. The molecular weight excluding hydrogens is 362 g/mol. The van der Waals surface area contributed by atoms with Crippen LogP contribution in [0.2, 0.25) is 0 Å². The molecule has 27 heavy (non-hydrogen) atoms. The molecule has 1 fully saturated rings. The van der Waals surface area contributed by atoms with E-state index >= 15 is 0 Å². The third-order valence-electron chi connectivity index (χ3n) is 5.48. The van der Waals surface area contributed by atoms with Gasteiger partial charge in [0.1, 0.15) is 11.5 Å². The second-order valence-electron chi connectivity index (χ2n) is 7.65. The summed E-state index contributed by atoms with van der Waals surface area (Å²) in [6, 6.07) is 9.05. The van der Waals surface area contributed by atoms with Crippen LogP contribution in [0.15, 0.2) is 39.6 Å². The van der Waals surface area contributed by atoms with Gasteiger partial charge in [0, 0.05) is 7.05 Å². The Morgan fingerprint density at radius 1 is 1.11 bits per heavy atom. The molecule has 0 atom stereocenters. The van der Waals surface area contributed by atoms with Crippen molar-refractivity contribution in [1.82, 2.24) is 4.90 Å². The van der Waals surface area contributed by atoms with Gasteiger partial charge < -0.3 is 9.32 Å². The molecule has 0 saturated heterocycles. The molecule has 1 amide bonds. The van der Waals surface area contributed by atoms with Gasteiger partial charge in [-0.1, -0.05) is 25.0 Å². The van der Waals surface area contributed by atoms with Crippen molar-refractivity contribution in [2.45, 2.75) is 62.6 Å². The molecule has 1 aliphatic rings. The summed E-state index contributed by atoms with van der Waals surface area (Å²) >= 11 is 0. The summed E-state index contributed by atoms with van der Waals surface area (Å²) in [6.45, 7) is 5.76. The lowest BCUT2D eigenvalue weighted by Gasteiger charge is -2.32. The number of rotatable bonds is 5. The first-order valence-electron chi connectivity index (χ1n) is 9.30. The summed E-state index contributed by atoms with van der Waals surface area (Å²) in [7, 11) is -2.15. The normalized spacial score (nSPS) is 16.4. The molecule has 1 saturated carbocycles. The molecule has 1 aliphatic carbocycles. The van der Waals surface area contributed by atoms with Gasteiger partial charge in [0.25, 0.3) is 0 Å². The molecule has 1 aromatic heterocycles. The number of furan rings is 1. The van der Waals surface area contributed by atoms with Crippen molar-refractivity contribution in [2.24, 2.45) is 0 Å². The highest BCUT2D eigenvalue weighted by Crippen LogP contribution is 2.43. The smallest absolute Gasteiger partial charge is 0.244 e. The summed E-state index contributed by atoms with van der Waals surface area (Å²) in [5, 5.41) is 0. The number of sulfone groups is 1. The van der Waals surface area contributed by atoms with Gasteiger partial charge in [0.2, 0.25) is 5.91 Å². The van der Waals surface area contributed by atoms with Gasteiger partial charge in [-0.15, -0.1) is 0 Å². The molecule has 0 radical (unpaired) electrons. The Labute approximate surface area is 161 Å². The van der Waals surface area contributed by atoms with Gasteiger partial charge in [0.15, 0.2) is 14.6 Å². The average molecular weight is 390 g/mol. The van der Waals surface area contributed by atoms with E-state index in [2.05, 4.69) is 0 Å². The van der Waals surface area contributed by atoms with Gasteiger partial charge in [-0.25, -0.2) is 8.42 Å². The summed E-state index contributed by atoms with van der Waals surface area (Å²) in [6.07, 6.45) is 2.21. The molecular formula is C21H27NO4S. The van der Waals surface area contributed by atoms with E-state index in [-0.39, 0.29) is 17.3 Å². The van der Waals surface area contributed by atoms with Crippen molar-refractivity contribution >= 4 is 15.7 Å². The van der Waals surface area contributed by atoms with Crippen LogP contribution in [-0.2, 0) is 21.2 Å². The zero-order chi connectivity index (χ0) is 19.8. The zero-order valence-corrected chi connectivity index (χ0v) is 17.2. The van der Waals surface area contributed by atoms with E-state index in [1.54, 1.807) is 20.0 Å². The van der Waals surface area contributed by atoms with Gasteiger partial charge >= 0.3 is 0 Å². The topological polar surface area (TPSA) is 67.6 Å². The Hall–Kier alpha value is -2.08. The fraction of sp³-hybridized carbons (Fsp3) is 0.476. The van der Waals surface area contributed by atoms with Crippen LogP contribution < -0.4 is 0 Å². The minimum absolute atomic E-state index is 0.261. The molecule has 0 unspecified atom stereocenters. The van der Waals surface area contributed by atoms with Crippen LogP contribution >= 0.6 is 0 Å². The maximum atomic E-state index is 13.7. The summed E-state index contributed by atoms with van der Waals surface area (Å²) in [5.41, 5.74) is 1.56. The maximum Gasteiger partial charge on any atom is 0.244 e. The molecule has 146 valence electrons. The van der Waals surface area contributed by atoms with E-state index in [1.807, 2.05) is 38.1 Å². The second kappa shape index (κ2) is 7.15. The first-order valence-corrected chi connectivity index (χ1v) is 10.8. The first-order chi connectivity index (χ1) is 12.7. The van der Waals surface area contributed by atoms with E-state index in [0.717, 1.165) is 24.2 Å². The Balaban J connectivity index is 1.99. The Bertz CT molecular complexity index is 952. The van der Waals surface area contributed by atoms with Crippen LogP contribution in [0.5, 0.6) is 0 Å². The van der Waals surface area contributed by atoms with Gasteiger partial charge in [0.05, 0.1) is 11.4 Å². The van der Waals surface area contributed by atoms with Crippen LogP contribution in [0, 0.1) is 20.8 Å². The molecule has 2 aromatic rings. The third-order valence-corrected chi connectivity index (χ3v) is 8.11. The van der Waals surface area contributed by atoms with Crippen molar-refractivity contribution in [2.75, 3.05) is 7.05 Å². The minimum Gasteiger partial charge on any atom is -0.464 e. The highest BCUT2D eigenvalue weighted by molar-refractivity contribution is 7.93. The third kappa shape index (κ3) is 3.43. The molecule has 1 heterocycles. The predicted octanol–water partition coefficient (Wildman–Crippen LogP) is 3.95. The molecule has 0 spiro atoms. The molecule has 6 heteroatoms. The van der Waals surface area contributed by atoms with Crippen LogP contribution in [0.1, 0.15) is 48.3 Å². The van der Waals surface area contributed by atoms with Crippen molar-refractivity contribution in [3.63, 3.8) is 0 Å². The average Bonchev–Trinajstić information content (AvgIpc) is 3.26. The number of hydrogen-bond acceptors (Lipinski definition) is 4. The molecule has 5 nitrogen and oxygen atoms in total. The molecule has 1 aromatic carbocycles. The largest absolute Gasteiger partial charge is 0.464 e. The van der Waals surface area contributed by atoms with E-state index < -0.39 is 14.6 Å². The highest BCUT2D eigenvalue weighted by Gasteiger charge is 2.54. The van der Waals surface area contributed by atoms with E-state index in [4.69, 9.17) is 4.42 Å². The highest BCUT2D eigenvalue weighted by atomic mass is 32.2. The lowest BCUT2D eigenvalue weighted by atomic mass is 10.1. The zero-order valence-electron chi connectivity index (χ0n) is 16.4. The first kappa shape index (κ1) is 19.7. The van der Waals surface area contributed by atoms with Crippen molar-refractivity contribution in [3.8, 4) is 0 Å². The number of hydrogen-bond donors (Lipinski definition) is 0. The van der Waals surface area contributed by atoms with Crippen LogP contribution in [0.25, 0.3) is 0 Å². The van der Waals surface area contributed by atoms with Gasteiger partial charge in [-0.3, -0.25) is 4.79 Å². The van der Waals surface area contributed by atoms with Crippen molar-refractivity contribution < 1.29 is 17.6 Å². The van der Waals surface area contributed by atoms with Crippen LogP contribution in [0.3, 0.4) is 0 Å². The van der Waals surface area contributed by atoms with Crippen molar-refractivity contribution in [1.29, 1.82) is 0 Å². The monoisotopic (exact) mass is 389 g/mol. The Morgan fingerprint density at radius 2 is 1.78 bits per heavy atom. The standard InChI is InChI=1S/C21H27NO4S/c1-15-7-8-16(2)19(13-15)27(24,25)21(11-5-6-12-21)20(23)22(4)14-18-10-9-17(3)26-18/h7-10,13H,5-6,11-12,14H2,1-4H3. The summed E-state index contributed by atoms with van der Waals surface area (Å²) < 4.78 is 31.5. The maximum absolute atomic E-state index is 13.7. The Morgan fingerprint density at radius 3 is 2.37 bits per heavy atom. The SMILES string of the molecule is Cc1ccc(C)c(S(=O)(=O)C2(C(=O)N(C)Cc3ccc(C)o3)CCCC2)c1. The molecule has 3 rings (SSSR count). The molecule has 0 bridgehead atoms. The number of aryl methyl sites for hydroxylation is 3. The van der Waals surface area contributed by atoms with Gasteiger partial charge in [-0.2, -0.15) is 0 Å². The predicted molar refractivity (Wildman–Crippen MR) is 104 cm³/mol. The van der Waals surface area contributed by atoms with E-state index in [9.17, 15) is 13.2 Å². The molecule has 0 aliphatic heterocycles. The minimum atomic E-state index is -3.81. The summed E-state index contributed by atoms with van der Waals surface area (Å²) in [4.78, 5) is 15.2. The van der Waals surface area contributed by atoms with E-state index in [0.29, 0.717) is 24.2 Å². The van der Waals surface area contributed by atoms with Crippen LogP contribution in [0.4, 0.5) is 0 Å². The summed E-state index contributed by atoms with van der Waals surface area (Å²) in [5.74, 6) is 1.08. The van der Waals surface area contributed by atoms with Crippen molar-refractivity contribution in [3.05, 3.63) is 53.0 Å². The fourth-order valence-electron chi connectivity index (χ4n) is 3.97. The number of nitrogens with zero attached hydrogens (tertiary/aromatic N) is 1. The Kier molecular flexibility index (Phi) is 5.21. The number of carbonyl (C=O) groups is 1. The van der Waals surface area contributed by atoms with Gasteiger partial charge in [-0.05, 0) is 62.9 Å². The second-order valence-corrected chi connectivity index (χ2v) is 9.88. The fourth-order valence-corrected chi connectivity index (χ4v) is 6.44. The quantitative estimate of drug-likeness (QED) is 0.776. The van der Waals surface area contributed by atoms with Crippen LogP contribution in [-0.4, -0.2) is 31.0 Å². The lowest BCUT2D eigenvalue weighted by molar-refractivity contribution is -0.133. The number of amides is 1. The molecule has 0 N–H and O–H groups in total. The number of benzene rings is 1.